The summed E-state index contributed by atoms with van der Waals surface area (Å²) in [5, 5.41) is 3.38. The van der Waals surface area contributed by atoms with Gasteiger partial charge >= 0.3 is 0 Å². The minimum atomic E-state index is -0.354. The average Bonchev–Trinajstić information content (AvgIpc) is 3.32. The average molecular weight is 287 g/mol. The normalized spacial score (nSPS) is 14.0. The second-order valence-corrected chi connectivity index (χ2v) is 5.16. The zero-order valence-corrected chi connectivity index (χ0v) is 11.9. The van der Waals surface area contributed by atoms with Gasteiger partial charge in [-0.1, -0.05) is 18.2 Å². The number of para-hydroxylation sites is 1. The van der Waals surface area contributed by atoms with Crippen molar-refractivity contribution in [2.75, 3.05) is 7.11 Å². The van der Waals surface area contributed by atoms with Gasteiger partial charge in [-0.3, -0.25) is 0 Å². The van der Waals surface area contributed by atoms with Gasteiger partial charge < -0.3 is 14.8 Å². The second-order valence-electron chi connectivity index (χ2n) is 5.16. The van der Waals surface area contributed by atoms with Gasteiger partial charge in [0.1, 0.15) is 11.5 Å². The number of hydrogen-bond donors (Lipinski definition) is 1. The predicted molar refractivity (Wildman–Crippen MR) is 79.3 cm³/mol. The van der Waals surface area contributed by atoms with E-state index in [9.17, 15) is 4.39 Å². The molecule has 1 saturated carbocycles. The van der Waals surface area contributed by atoms with Gasteiger partial charge in [0.2, 0.25) is 0 Å². The van der Waals surface area contributed by atoms with Gasteiger partial charge in [0, 0.05) is 24.2 Å². The van der Waals surface area contributed by atoms with Gasteiger partial charge in [0.25, 0.3) is 0 Å². The lowest BCUT2D eigenvalue weighted by molar-refractivity contribution is 0.403. The summed E-state index contributed by atoms with van der Waals surface area (Å²) < 4.78 is 25.0. The maximum Gasteiger partial charge on any atom is 0.167 e. The van der Waals surface area contributed by atoms with E-state index in [2.05, 4.69) is 5.32 Å². The third-order valence-electron chi connectivity index (χ3n) is 3.47. The number of methoxy groups -OCH3 is 1. The Bertz CT molecular complexity index is 626. The molecule has 0 amide bonds. The molecular formula is C17H18FNO2. The summed E-state index contributed by atoms with van der Waals surface area (Å²) in [6.45, 7) is 0.613. The number of ether oxygens (including phenoxy) is 2. The van der Waals surface area contributed by atoms with Crippen LogP contribution in [0.4, 0.5) is 4.39 Å². The van der Waals surface area contributed by atoms with Crippen LogP contribution in [0.2, 0.25) is 0 Å². The summed E-state index contributed by atoms with van der Waals surface area (Å²) in [4.78, 5) is 0. The van der Waals surface area contributed by atoms with Crippen LogP contribution in [0, 0.1) is 5.82 Å². The van der Waals surface area contributed by atoms with Crippen molar-refractivity contribution in [1.29, 1.82) is 0 Å². The summed E-state index contributed by atoms with van der Waals surface area (Å²) in [5.41, 5.74) is 0.824. The lowest BCUT2D eigenvalue weighted by Crippen LogP contribution is -2.16. The fourth-order valence-electron chi connectivity index (χ4n) is 2.13. The Morgan fingerprint density at radius 1 is 1.14 bits per heavy atom. The quantitative estimate of drug-likeness (QED) is 0.874. The Balaban J connectivity index is 1.81. The molecule has 0 spiro atoms. The molecular weight excluding hydrogens is 269 g/mol. The third-order valence-corrected chi connectivity index (χ3v) is 3.47. The largest absolute Gasteiger partial charge is 0.497 e. The SMILES string of the molecule is COc1cccc(Oc2c(F)cccc2CNC2CC2)c1. The molecule has 1 aliphatic rings. The summed E-state index contributed by atoms with van der Waals surface area (Å²) >= 11 is 0. The Morgan fingerprint density at radius 2 is 1.90 bits per heavy atom. The summed E-state index contributed by atoms with van der Waals surface area (Å²) in [6, 6.07) is 12.7. The highest BCUT2D eigenvalue weighted by Gasteiger charge is 2.21. The molecule has 0 unspecified atom stereocenters. The predicted octanol–water partition coefficient (Wildman–Crippen LogP) is 3.88. The molecule has 21 heavy (non-hydrogen) atoms. The first-order valence-corrected chi connectivity index (χ1v) is 7.09. The van der Waals surface area contributed by atoms with Crippen molar-refractivity contribution in [3.05, 3.63) is 53.8 Å². The molecule has 0 aliphatic heterocycles. The van der Waals surface area contributed by atoms with E-state index >= 15 is 0 Å². The number of halogens is 1. The van der Waals surface area contributed by atoms with E-state index < -0.39 is 0 Å². The number of benzene rings is 2. The molecule has 3 rings (SSSR count). The second kappa shape index (κ2) is 6.14. The van der Waals surface area contributed by atoms with Crippen molar-refractivity contribution in [3.63, 3.8) is 0 Å². The molecule has 4 heteroatoms. The molecule has 1 aliphatic carbocycles. The first-order chi connectivity index (χ1) is 10.3. The van der Waals surface area contributed by atoms with Crippen molar-refractivity contribution in [2.24, 2.45) is 0 Å². The lowest BCUT2D eigenvalue weighted by Gasteiger charge is -2.13. The van der Waals surface area contributed by atoms with E-state index in [0.717, 1.165) is 5.56 Å². The van der Waals surface area contributed by atoms with Gasteiger partial charge in [0.15, 0.2) is 11.6 Å². The molecule has 0 bridgehead atoms. The first kappa shape index (κ1) is 13.9. The van der Waals surface area contributed by atoms with E-state index in [4.69, 9.17) is 9.47 Å². The van der Waals surface area contributed by atoms with Crippen molar-refractivity contribution >= 4 is 0 Å². The van der Waals surface area contributed by atoms with E-state index in [0.29, 0.717) is 24.1 Å². The van der Waals surface area contributed by atoms with Gasteiger partial charge in [0.05, 0.1) is 7.11 Å². The van der Waals surface area contributed by atoms with Crippen molar-refractivity contribution in [1.82, 2.24) is 5.32 Å². The standard InChI is InChI=1S/C17H18FNO2/c1-20-14-5-3-6-15(10-14)21-17-12(4-2-7-16(17)18)11-19-13-8-9-13/h2-7,10,13,19H,8-9,11H2,1H3. The van der Waals surface area contributed by atoms with E-state index in [1.807, 2.05) is 18.2 Å². The van der Waals surface area contributed by atoms with Crippen LogP contribution in [0.5, 0.6) is 17.2 Å². The zero-order valence-electron chi connectivity index (χ0n) is 11.9. The first-order valence-electron chi connectivity index (χ1n) is 7.09. The van der Waals surface area contributed by atoms with Crippen LogP contribution in [0.25, 0.3) is 0 Å². The zero-order chi connectivity index (χ0) is 14.7. The van der Waals surface area contributed by atoms with Gasteiger partial charge in [-0.05, 0) is 31.0 Å². The molecule has 110 valence electrons. The fourth-order valence-corrected chi connectivity index (χ4v) is 2.13. The van der Waals surface area contributed by atoms with Crippen LogP contribution in [0.1, 0.15) is 18.4 Å². The molecule has 0 atom stereocenters. The van der Waals surface area contributed by atoms with Crippen LogP contribution in [-0.4, -0.2) is 13.2 Å². The highest BCUT2D eigenvalue weighted by atomic mass is 19.1. The number of hydrogen-bond acceptors (Lipinski definition) is 3. The van der Waals surface area contributed by atoms with Gasteiger partial charge in [-0.2, -0.15) is 0 Å². The molecule has 0 aromatic heterocycles. The Kier molecular flexibility index (Phi) is 4.06. The van der Waals surface area contributed by atoms with Crippen LogP contribution in [0.3, 0.4) is 0 Å². The lowest BCUT2D eigenvalue weighted by atomic mass is 10.2. The van der Waals surface area contributed by atoms with Crippen LogP contribution < -0.4 is 14.8 Å². The summed E-state index contributed by atoms with van der Waals surface area (Å²) in [6.07, 6.45) is 2.39. The van der Waals surface area contributed by atoms with Crippen LogP contribution in [-0.2, 0) is 6.54 Å². The Labute approximate surface area is 123 Å². The molecule has 0 heterocycles. The third kappa shape index (κ3) is 3.52. The smallest absolute Gasteiger partial charge is 0.167 e. The minimum absolute atomic E-state index is 0.277. The molecule has 2 aromatic carbocycles. The van der Waals surface area contributed by atoms with Crippen LogP contribution >= 0.6 is 0 Å². The Morgan fingerprint density at radius 3 is 2.67 bits per heavy atom. The molecule has 3 nitrogen and oxygen atoms in total. The van der Waals surface area contributed by atoms with Crippen molar-refractivity contribution < 1.29 is 13.9 Å². The van der Waals surface area contributed by atoms with Crippen molar-refractivity contribution in [3.8, 4) is 17.2 Å². The van der Waals surface area contributed by atoms with Gasteiger partial charge in [-0.25, -0.2) is 4.39 Å². The maximum absolute atomic E-state index is 14.1. The highest BCUT2D eigenvalue weighted by molar-refractivity contribution is 5.41. The minimum Gasteiger partial charge on any atom is -0.497 e. The van der Waals surface area contributed by atoms with Crippen molar-refractivity contribution in [2.45, 2.75) is 25.4 Å². The van der Waals surface area contributed by atoms with Gasteiger partial charge in [-0.15, -0.1) is 0 Å². The Hall–Kier alpha value is -2.07. The summed E-state index contributed by atoms with van der Waals surface area (Å²) in [7, 11) is 1.59. The number of nitrogens with one attached hydrogen (secondary N) is 1. The summed E-state index contributed by atoms with van der Waals surface area (Å²) in [5.74, 6) is 1.17. The fraction of sp³-hybridized carbons (Fsp3) is 0.294. The molecule has 2 aromatic rings. The molecule has 1 N–H and O–H groups in total. The number of rotatable bonds is 6. The van der Waals surface area contributed by atoms with E-state index in [1.165, 1.54) is 18.9 Å². The topological polar surface area (TPSA) is 30.5 Å². The van der Waals surface area contributed by atoms with E-state index in [1.54, 1.807) is 25.3 Å². The molecule has 0 saturated heterocycles. The monoisotopic (exact) mass is 287 g/mol. The van der Waals surface area contributed by atoms with Crippen LogP contribution in [0.15, 0.2) is 42.5 Å². The highest BCUT2D eigenvalue weighted by Crippen LogP contribution is 2.31. The van der Waals surface area contributed by atoms with E-state index in [-0.39, 0.29) is 11.6 Å². The maximum atomic E-state index is 14.1. The molecule has 1 fully saturated rings. The molecule has 0 radical (unpaired) electrons.